The molecule has 0 aliphatic carbocycles. The Labute approximate surface area is 88.7 Å². The van der Waals surface area contributed by atoms with Crippen molar-refractivity contribution in [2.24, 2.45) is 0 Å². The van der Waals surface area contributed by atoms with Gasteiger partial charge in [-0.15, -0.1) is 0 Å². The maximum absolute atomic E-state index is 5.50. The van der Waals surface area contributed by atoms with Crippen molar-refractivity contribution in [1.29, 1.82) is 0 Å². The van der Waals surface area contributed by atoms with Crippen LogP contribution in [0.2, 0.25) is 0 Å². The molecule has 3 heterocycles. The second-order valence-electron chi connectivity index (χ2n) is 2.82. The highest BCUT2D eigenvalue weighted by Gasteiger charge is 2.17. The van der Waals surface area contributed by atoms with Crippen molar-refractivity contribution in [2.45, 2.75) is 0 Å². The van der Waals surface area contributed by atoms with Crippen molar-refractivity contribution < 1.29 is 13.7 Å². The number of aromatic nitrogens is 3. The van der Waals surface area contributed by atoms with Crippen LogP contribution < -0.4 is 4.74 Å². The van der Waals surface area contributed by atoms with E-state index in [2.05, 4.69) is 9.36 Å². The van der Waals surface area contributed by atoms with E-state index < -0.39 is 0 Å². The average Bonchev–Trinajstić information content (AvgIpc) is 3.02. The van der Waals surface area contributed by atoms with Crippen molar-refractivity contribution in [3.05, 3.63) is 36.3 Å². The molecule has 0 amide bonds. The Morgan fingerprint density at radius 3 is 3.13 bits per heavy atom. The van der Waals surface area contributed by atoms with E-state index in [9.17, 15) is 0 Å². The molecule has 0 radical (unpaired) electrons. The first kappa shape index (κ1) is 8.37. The maximum Gasteiger partial charge on any atom is 0.288 e. The predicted octanol–water partition coefficient (Wildman–Crippen LogP) is 1.67. The van der Waals surface area contributed by atoms with Crippen molar-refractivity contribution >= 4 is 11.5 Å². The molecule has 74 valence electrons. The molecule has 0 N–H and O–H groups in total. The van der Waals surface area contributed by atoms with Crippen LogP contribution in [0, 0.1) is 0 Å². The second kappa shape index (κ2) is 3.32. The Balaban J connectivity index is 2.02. The lowest BCUT2D eigenvalue weighted by Gasteiger charge is -1.82. The van der Waals surface area contributed by atoms with E-state index in [0.717, 1.165) is 5.69 Å². The molecular weight excluding hydrogens is 214 g/mol. The van der Waals surface area contributed by atoms with Gasteiger partial charge in [-0.2, -0.15) is 4.37 Å². The van der Waals surface area contributed by atoms with Crippen LogP contribution in [0.4, 0.5) is 0 Å². The lowest BCUT2D eigenvalue weighted by atomic mass is 10.5. The fraction of sp³-hybridized carbons (Fsp3) is 0. The molecular formula is C9H6N3O2S+. The van der Waals surface area contributed by atoms with E-state index in [4.69, 9.17) is 8.94 Å². The van der Waals surface area contributed by atoms with Gasteiger partial charge in [-0.3, -0.25) is 0 Å². The zero-order valence-electron chi connectivity index (χ0n) is 7.53. The van der Waals surface area contributed by atoms with Gasteiger partial charge in [0.15, 0.2) is 0 Å². The van der Waals surface area contributed by atoms with Crippen LogP contribution in [-0.4, -0.2) is 9.36 Å². The fourth-order valence-electron chi connectivity index (χ4n) is 1.20. The summed E-state index contributed by atoms with van der Waals surface area (Å²) in [6.07, 6.45) is 6.61. The van der Waals surface area contributed by atoms with Crippen LogP contribution in [0.3, 0.4) is 0 Å². The summed E-state index contributed by atoms with van der Waals surface area (Å²) >= 11 is 1.37. The van der Waals surface area contributed by atoms with Gasteiger partial charge in [0.05, 0.1) is 17.6 Å². The van der Waals surface area contributed by atoms with Crippen molar-refractivity contribution in [3.8, 4) is 17.3 Å². The van der Waals surface area contributed by atoms with Crippen LogP contribution in [0.1, 0.15) is 0 Å². The van der Waals surface area contributed by atoms with Gasteiger partial charge in [0.25, 0.3) is 17.3 Å². The topological polar surface area (TPSA) is 55.9 Å². The summed E-state index contributed by atoms with van der Waals surface area (Å²) in [5.41, 5.74) is 0.887. The van der Waals surface area contributed by atoms with Gasteiger partial charge in [0, 0.05) is 4.74 Å². The molecule has 3 aromatic rings. The summed E-state index contributed by atoms with van der Waals surface area (Å²) in [6.45, 7) is 0. The van der Waals surface area contributed by atoms with E-state index in [1.54, 1.807) is 29.4 Å². The molecule has 0 unspecified atom stereocenters. The predicted molar refractivity (Wildman–Crippen MR) is 51.4 cm³/mol. The summed E-state index contributed by atoms with van der Waals surface area (Å²) in [7, 11) is 0. The van der Waals surface area contributed by atoms with E-state index in [1.807, 2.05) is 5.38 Å². The number of hydrogen-bond acceptors (Lipinski definition) is 5. The van der Waals surface area contributed by atoms with Gasteiger partial charge >= 0.3 is 0 Å². The van der Waals surface area contributed by atoms with Gasteiger partial charge in [0.1, 0.15) is 12.5 Å². The molecule has 0 spiro atoms. The minimum absolute atomic E-state index is 0.469. The van der Waals surface area contributed by atoms with E-state index in [1.165, 1.54) is 17.8 Å². The van der Waals surface area contributed by atoms with E-state index in [-0.39, 0.29) is 0 Å². The van der Waals surface area contributed by atoms with Gasteiger partial charge in [0.2, 0.25) is 6.20 Å². The standard InChI is InChI=1S/C9H6N3O2S/c1-3-12(7-5-11-15-6-7)14-8(1)9-10-2-4-13-9/h1-6H/q+1. The maximum atomic E-state index is 5.50. The Hall–Kier alpha value is -1.95. The highest BCUT2D eigenvalue weighted by molar-refractivity contribution is 7.03. The number of hydrogen-bond donors (Lipinski definition) is 0. The monoisotopic (exact) mass is 220 g/mol. The molecule has 5 nitrogen and oxygen atoms in total. The normalized spacial score (nSPS) is 10.7. The minimum Gasteiger partial charge on any atom is -0.442 e. The molecule has 6 heteroatoms. The summed E-state index contributed by atoms with van der Waals surface area (Å²) in [6, 6.07) is 1.80. The van der Waals surface area contributed by atoms with Gasteiger partial charge < -0.3 is 4.42 Å². The first-order chi connectivity index (χ1) is 7.43. The van der Waals surface area contributed by atoms with Crippen molar-refractivity contribution in [2.75, 3.05) is 0 Å². The lowest BCUT2D eigenvalue weighted by Crippen LogP contribution is -2.25. The zero-order valence-corrected chi connectivity index (χ0v) is 8.35. The lowest BCUT2D eigenvalue weighted by molar-refractivity contribution is -0.782. The summed E-state index contributed by atoms with van der Waals surface area (Å²) in [5, 5.41) is 1.89. The number of nitrogens with zero attached hydrogens (tertiary/aromatic N) is 3. The second-order valence-corrected chi connectivity index (χ2v) is 3.47. The molecule has 0 aliphatic heterocycles. The highest BCUT2D eigenvalue weighted by atomic mass is 32.1. The highest BCUT2D eigenvalue weighted by Crippen LogP contribution is 2.15. The molecule has 15 heavy (non-hydrogen) atoms. The van der Waals surface area contributed by atoms with Gasteiger partial charge in [-0.05, 0) is 11.5 Å². The molecule has 0 saturated heterocycles. The minimum atomic E-state index is 0.469. The first-order valence-corrected chi connectivity index (χ1v) is 5.09. The van der Waals surface area contributed by atoms with Gasteiger partial charge in [-0.1, -0.05) is 0 Å². The molecule has 0 bridgehead atoms. The van der Waals surface area contributed by atoms with E-state index in [0.29, 0.717) is 11.7 Å². The SMILES string of the molecule is c1coc(-c2cc[n+](-c3cnsc3)o2)n1. The quantitative estimate of drug-likeness (QED) is 0.616. The van der Waals surface area contributed by atoms with E-state index >= 15 is 0 Å². The van der Waals surface area contributed by atoms with Crippen LogP contribution in [-0.2, 0) is 0 Å². The van der Waals surface area contributed by atoms with Crippen LogP contribution in [0.25, 0.3) is 17.3 Å². The third-order valence-electron chi connectivity index (χ3n) is 1.87. The van der Waals surface area contributed by atoms with Crippen LogP contribution in [0.5, 0.6) is 0 Å². The average molecular weight is 220 g/mol. The third kappa shape index (κ3) is 1.44. The molecule has 0 atom stereocenters. The number of oxazole rings is 1. The van der Waals surface area contributed by atoms with Crippen LogP contribution >= 0.6 is 11.5 Å². The fourth-order valence-corrected chi connectivity index (χ4v) is 1.71. The molecule has 0 aromatic carbocycles. The summed E-state index contributed by atoms with van der Waals surface area (Å²) in [5.74, 6) is 1.06. The third-order valence-corrected chi connectivity index (χ3v) is 2.45. The molecule has 0 aliphatic rings. The van der Waals surface area contributed by atoms with Crippen molar-refractivity contribution in [1.82, 2.24) is 9.36 Å². The first-order valence-electron chi connectivity index (χ1n) is 4.25. The molecule has 3 rings (SSSR count). The largest absolute Gasteiger partial charge is 0.442 e. The summed E-state index contributed by atoms with van der Waals surface area (Å²) in [4.78, 5) is 3.99. The summed E-state index contributed by atoms with van der Waals surface area (Å²) < 4.78 is 16.2. The molecule has 0 fully saturated rings. The Kier molecular flexibility index (Phi) is 1.85. The Bertz CT molecular complexity index is 493. The van der Waals surface area contributed by atoms with Crippen LogP contribution in [0.15, 0.2) is 45.2 Å². The zero-order chi connectivity index (χ0) is 10.1. The molecule has 3 aromatic heterocycles. The Morgan fingerprint density at radius 1 is 1.40 bits per heavy atom. The van der Waals surface area contributed by atoms with Gasteiger partial charge in [-0.25, -0.2) is 9.51 Å². The Morgan fingerprint density at radius 2 is 2.40 bits per heavy atom. The smallest absolute Gasteiger partial charge is 0.288 e. The molecule has 0 saturated carbocycles. The number of rotatable bonds is 2. The van der Waals surface area contributed by atoms with Crippen molar-refractivity contribution in [3.63, 3.8) is 0 Å².